The summed E-state index contributed by atoms with van der Waals surface area (Å²) in [5.41, 5.74) is 0. The SMILES string of the molecule is CC.CC.CC.CC.CC1CCCCC1. The minimum absolute atomic E-state index is 1.04. The summed E-state index contributed by atoms with van der Waals surface area (Å²) in [6, 6.07) is 0. The molecule has 15 heavy (non-hydrogen) atoms. The van der Waals surface area contributed by atoms with E-state index in [4.69, 9.17) is 0 Å². The van der Waals surface area contributed by atoms with Crippen molar-refractivity contribution in [2.45, 2.75) is 94.4 Å². The third-order valence-electron chi connectivity index (χ3n) is 1.89. The molecule has 1 rings (SSSR count). The van der Waals surface area contributed by atoms with Gasteiger partial charge < -0.3 is 0 Å². The summed E-state index contributed by atoms with van der Waals surface area (Å²) in [5, 5.41) is 0. The lowest BCUT2D eigenvalue weighted by atomic mass is 9.91. The van der Waals surface area contributed by atoms with Crippen LogP contribution >= 0.6 is 0 Å². The molecule has 0 aliphatic heterocycles. The summed E-state index contributed by atoms with van der Waals surface area (Å²) in [6.07, 6.45) is 7.44. The molecule has 1 aliphatic rings. The molecular weight excluding hydrogens is 180 g/mol. The zero-order chi connectivity index (χ0) is 13.1. The molecule has 0 amide bonds. The summed E-state index contributed by atoms with van der Waals surface area (Å²) >= 11 is 0. The molecule has 0 saturated heterocycles. The summed E-state index contributed by atoms with van der Waals surface area (Å²) < 4.78 is 0. The molecule has 0 N–H and O–H groups in total. The first-order valence-electron chi connectivity index (χ1n) is 7.39. The third-order valence-corrected chi connectivity index (χ3v) is 1.89. The molecule has 0 bridgehead atoms. The Morgan fingerprint density at radius 3 is 0.933 bits per heavy atom. The smallest absolute Gasteiger partial charge is 0.0443 e. The molecule has 0 atom stereocenters. The van der Waals surface area contributed by atoms with Crippen LogP contribution in [0.3, 0.4) is 0 Å². The van der Waals surface area contributed by atoms with Crippen molar-refractivity contribution in [2.75, 3.05) is 0 Å². The lowest BCUT2D eigenvalue weighted by molar-refractivity contribution is 0.385. The van der Waals surface area contributed by atoms with Gasteiger partial charge in [0.05, 0.1) is 0 Å². The Balaban J connectivity index is -0.0000000650. The molecule has 0 nitrogen and oxygen atoms in total. The molecule has 0 aromatic heterocycles. The van der Waals surface area contributed by atoms with Crippen LogP contribution in [0.25, 0.3) is 0 Å². The fraction of sp³-hybridized carbons (Fsp3) is 1.00. The molecular formula is C15H38. The maximum absolute atomic E-state index is 2.36. The van der Waals surface area contributed by atoms with Crippen LogP contribution in [-0.2, 0) is 0 Å². The van der Waals surface area contributed by atoms with Gasteiger partial charge in [-0.25, -0.2) is 0 Å². The van der Waals surface area contributed by atoms with Crippen molar-refractivity contribution in [1.29, 1.82) is 0 Å². The van der Waals surface area contributed by atoms with E-state index in [2.05, 4.69) is 6.92 Å². The minimum Gasteiger partial charge on any atom is -0.0683 e. The average molecular weight is 218 g/mol. The molecule has 1 fully saturated rings. The van der Waals surface area contributed by atoms with Crippen molar-refractivity contribution in [3.8, 4) is 0 Å². The van der Waals surface area contributed by atoms with Crippen LogP contribution in [0.15, 0.2) is 0 Å². The Hall–Kier alpha value is 0. The lowest BCUT2D eigenvalue weighted by Crippen LogP contribution is -1.99. The fourth-order valence-corrected chi connectivity index (χ4v) is 1.31. The Labute approximate surface area is 101 Å². The van der Waals surface area contributed by atoms with Gasteiger partial charge in [0.25, 0.3) is 0 Å². The van der Waals surface area contributed by atoms with Gasteiger partial charge in [-0.05, 0) is 5.92 Å². The molecule has 0 radical (unpaired) electrons. The molecule has 1 aliphatic carbocycles. The first-order chi connectivity index (χ1) is 7.39. The molecule has 0 heteroatoms. The highest BCUT2D eigenvalue weighted by molar-refractivity contribution is 4.59. The van der Waals surface area contributed by atoms with Crippen molar-refractivity contribution in [2.24, 2.45) is 5.92 Å². The highest BCUT2D eigenvalue weighted by atomic mass is 14.1. The second kappa shape index (κ2) is 37.0. The van der Waals surface area contributed by atoms with Gasteiger partial charge in [-0.15, -0.1) is 0 Å². The Morgan fingerprint density at radius 2 is 0.800 bits per heavy atom. The second-order valence-corrected chi connectivity index (χ2v) is 2.74. The largest absolute Gasteiger partial charge is 0.0683 e. The molecule has 98 valence electrons. The van der Waals surface area contributed by atoms with E-state index in [9.17, 15) is 0 Å². The summed E-state index contributed by atoms with van der Waals surface area (Å²) in [5.74, 6) is 1.04. The van der Waals surface area contributed by atoms with Gasteiger partial charge in [0.2, 0.25) is 0 Å². The van der Waals surface area contributed by atoms with E-state index in [-0.39, 0.29) is 0 Å². The lowest BCUT2D eigenvalue weighted by Gasteiger charge is -2.15. The van der Waals surface area contributed by atoms with E-state index in [0.29, 0.717) is 0 Å². The van der Waals surface area contributed by atoms with Gasteiger partial charge in [0.1, 0.15) is 0 Å². The average Bonchev–Trinajstić information content (AvgIpc) is 2.40. The van der Waals surface area contributed by atoms with Crippen LogP contribution < -0.4 is 0 Å². The van der Waals surface area contributed by atoms with Crippen LogP contribution in [0.2, 0.25) is 0 Å². The predicted octanol–water partition coefficient (Wildman–Crippen LogP) is 6.69. The van der Waals surface area contributed by atoms with E-state index in [1.165, 1.54) is 32.1 Å². The van der Waals surface area contributed by atoms with Gasteiger partial charge in [-0.3, -0.25) is 0 Å². The number of rotatable bonds is 0. The van der Waals surface area contributed by atoms with E-state index < -0.39 is 0 Å². The van der Waals surface area contributed by atoms with E-state index in [0.717, 1.165) is 5.92 Å². The molecule has 0 aromatic rings. The number of hydrogen-bond donors (Lipinski definition) is 0. The maximum atomic E-state index is 2.36. The van der Waals surface area contributed by atoms with Crippen LogP contribution in [0.5, 0.6) is 0 Å². The third kappa shape index (κ3) is 31.5. The monoisotopic (exact) mass is 218 g/mol. The maximum Gasteiger partial charge on any atom is -0.0443 e. The highest BCUT2D eigenvalue weighted by Crippen LogP contribution is 2.21. The van der Waals surface area contributed by atoms with Crippen LogP contribution in [0.1, 0.15) is 94.4 Å². The Morgan fingerprint density at radius 1 is 0.533 bits per heavy atom. The van der Waals surface area contributed by atoms with Gasteiger partial charge >= 0.3 is 0 Å². The van der Waals surface area contributed by atoms with Crippen molar-refractivity contribution < 1.29 is 0 Å². The van der Waals surface area contributed by atoms with Crippen molar-refractivity contribution in [3.05, 3.63) is 0 Å². The molecule has 0 heterocycles. The Kier molecular flexibility index (Phi) is 59.9. The summed E-state index contributed by atoms with van der Waals surface area (Å²) in [4.78, 5) is 0. The second-order valence-electron chi connectivity index (χ2n) is 2.74. The molecule has 0 unspecified atom stereocenters. The topological polar surface area (TPSA) is 0 Å². The van der Waals surface area contributed by atoms with Crippen LogP contribution in [-0.4, -0.2) is 0 Å². The highest BCUT2D eigenvalue weighted by Gasteiger charge is 2.05. The van der Waals surface area contributed by atoms with E-state index >= 15 is 0 Å². The van der Waals surface area contributed by atoms with Gasteiger partial charge in [-0.2, -0.15) is 0 Å². The fourth-order valence-electron chi connectivity index (χ4n) is 1.31. The van der Waals surface area contributed by atoms with Gasteiger partial charge in [0, 0.05) is 0 Å². The normalized spacial score (nSPS) is 13.4. The van der Waals surface area contributed by atoms with Gasteiger partial charge in [-0.1, -0.05) is 94.4 Å². The first-order valence-corrected chi connectivity index (χ1v) is 7.39. The quantitative estimate of drug-likeness (QED) is 0.425. The zero-order valence-electron chi connectivity index (χ0n) is 13.1. The predicted molar refractivity (Wildman–Crippen MR) is 77.6 cm³/mol. The molecule has 1 saturated carbocycles. The van der Waals surface area contributed by atoms with Crippen LogP contribution in [0.4, 0.5) is 0 Å². The molecule has 0 aromatic carbocycles. The van der Waals surface area contributed by atoms with Crippen molar-refractivity contribution in [1.82, 2.24) is 0 Å². The summed E-state index contributed by atoms with van der Waals surface area (Å²) in [7, 11) is 0. The number of hydrogen-bond acceptors (Lipinski definition) is 0. The van der Waals surface area contributed by atoms with Gasteiger partial charge in [0.15, 0.2) is 0 Å². The van der Waals surface area contributed by atoms with Crippen LogP contribution in [0, 0.1) is 5.92 Å². The van der Waals surface area contributed by atoms with E-state index in [1.807, 2.05) is 55.4 Å². The minimum atomic E-state index is 1.04. The standard InChI is InChI=1S/C7H14.4C2H6/c1-7-5-3-2-4-6-7;4*1-2/h7H,2-6H2,1H3;4*1-2H3. The Bertz CT molecular complexity index is 42.0. The van der Waals surface area contributed by atoms with Crippen molar-refractivity contribution in [3.63, 3.8) is 0 Å². The van der Waals surface area contributed by atoms with E-state index in [1.54, 1.807) is 0 Å². The van der Waals surface area contributed by atoms with Crippen molar-refractivity contribution >= 4 is 0 Å². The first kappa shape index (κ1) is 24.3. The zero-order valence-corrected chi connectivity index (χ0v) is 13.1. The molecule has 0 spiro atoms. The summed E-state index contributed by atoms with van der Waals surface area (Å²) in [6.45, 7) is 18.4.